The number of carbonyl (C=O) groups excluding carboxylic acids is 1. The van der Waals surface area contributed by atoms with Gasteiger partial charge in [0.05, 0.1) is 5.56 Å². The van der Waals surface area contributed by atoms with Gasteiger partial charge in [-0.25, -0.2) is 0 Å². The molecule has 5 nitrogen and oxygen atoms in total. The van der Waals surface area contributed by atoms with E-state index in [0.29, 0.717) is 16.9 Å². The van der Waals surface area contributed by atoms with Crippen LogP contribution in [0.1, 0.15) is 21.7 Å². The van der Waals surface area contributed by atoms with E-state index in [2.05, 4.69) is 15.4 Å². The maximum atomic E-state index is 12.7. The van der Waals surface area contributed by atoms with Crippen LogP contribution in [0.2, 0.25) is 5.02 Å². The third-order valence-corrected chi connectivity index (χ3v) is 3.16. The van der Waals surface area contributed by atoms with Gasteiger partial charge in [0.1, 0.15) is 10.7 Å². The second kappa shape index (κ2) is 5.96. The van der Waals surface area contributed by atoms with Gasteiger partial charge in [0.2, 0.25) is 0 Å². The molecule has 0 radical (unpaired) electrons. The van der Waals surface area contributed by atoms with Gasteiger partial charge in [-0.2, -0.15) is 31.4 Å². The van der Waals surface area contributed by atoms with Crippen molar-refractivity contribution in [3.63, 3.8) is 0 Å². The van der Waals surface area contributed by atoms with Crippen molar-refractivity contribution in [1.29, 1.82) is 0 Å². The standard InChI is InChI=1S/C12H7ClF6N4O/c1-23-9(7(13)8(22-23)12(17,18)19)21-10(24)5-2-3-6(20-4-5)11(14,15)16/h2-4H,1H3,(H,21,24). The number of aromatic nitrogens is 3. The SMILES string of the molecule is Cn1nc(C(F)(F)F)c(Cl)c1NC(=O)c1ccc(C(F)(F)F)nc1. The fraction of sp³-hybridized carbons (Fsp3) is 0.250. The zero-order valence-corrected chi connectivity index (χ0v) is 12.4. The highest BCUT2D eigenvalue weighted by Gasteiger charge is 2.39. The molecule has 0 spiro atoms. The normalized spacial score (nSPS) is 12.3. The average Bonchev–Trinajstić information content (AvgIpc) is 2.74. The van der Waals surface area contributed by atoms with Gasteiger partial charge in [-0.05, 0) is 12.1 Å². The number of rotatable bonds is 2. The molecule has 0 unspecified atom stereocenters. The van der Waals surface area contributed by atoms with Crippen molar-refractivity contribution in [1.82, 2.24) is 14.8 Å². The van der Waals surface area contributed by atoms with Crippen LogP contribution in [0.4, 0.5) is 32.2 Å². The molecule has 0 aromatic carbocycles. The Labute approximate surface area is 135 Å². The summed E-state index contributed by atoms with van der Waals surface area (Å²) in [6.07, 6.45) is -8.86. The molecule has 2 rings (SSSR count). The lowest BCUT2D eigenvalue weighted by atomic mass is 10.2. The summed E-state index contributed by atoms with van der Waals surface area (Å²) in [7, 11) is 1.11. The van der Waals surface area contributed by atoms with Crippen molar-refractivity contribution in [2.24, 2.45) is 7.05 Å². The number of halogens is 7. The molecule has 12 heteroatoms. The van der Waals surface area contributed by atoms with E-state index in [1.165, 1.54) is 0 Å². The van der Waals surface area contributed by atoms with Crippen LogP contribution >= 0.6 is 11.6 Å². The highest BCUT2D eigenvalue weighted by molar-refractivity contribution is 6.34. The summed E-state index contributed by atoms with van der Waals surface area (Å²) in [5.41, 5.74) is -2.90. The van der Waals surface area contributed by atoms with Gasteiger partial charge in [-0.1, -0.05) is 11.6 Å². The fourth-order valence-corrected chi connectivity index (χ4v) is 2.01. The Kier molecular flexibility index (Phi) is 4.48. The second-order valence-corrected chi connectivity index (χ2v) is 4.89. The molecule has 0 atom stereocenters. The molecule has 0 aliphatic rings. The van der Waals surface area contributed by atoms with Gasteiger partial charge in [0, 0.05) is 13.2 Å². The summed E-state index contributed by atoms with van der Waals surface area (Å²) < 4.78 is 75.9. The molecule has 0 aliphatic carbocycles. The molecule has 24 heavy (non-hydrogen) atoms. The third-order valence-electron chi connectivity index (χ3n) is 2.81. The van der Waals surface area contributed by atoms with Crippen LogP contribution in [0, 0.1) is 0 Å². The molecule has 0 fully saturated rings. The van der Waals surface area contributed by atoms with E-state index in [1.807, 2.05) is 0 Å². The minimum Gasteiger partial charge on any atom is -0.305 e. The Hall–Kier alpha value is -2.30. The maximum Gasteiger partial charge on any atom is 0.436 e. The molecule has 1 amide bonds. The monoisotopic (exact) mass is 372 g/mol. The lowest BCUT2D eigenvalue weighted by Gasteiger charge is -2.08. The molecule has 0 aliphatic heterocycles. The number of nitrogens with one attached hydrogen (secondary N) is 1. The number of carbonyl (C=O) groups is 1. The number of nitrogens with zero attached hydrogens (tertiary/aromatic N) is 3. The van der Waals surface area contributed by atoms with E-state index in [4.69, 9.17) is 11.6 Å². The van der Waals surface area contributed by atoms with E-state index in [9.17, 15) is 31.1 Å². The summed E-state index contributed by atoms with van der Waals surface area (Å²) >= 11 is 5.55. The Morgan fingerprint density at radius 1 is 1.17 bits per heavy atom. The Bertz CT molecular complexity index is 766. The van der Waals surface area contributed by atoms with Crippen LogP contribution < -0.4 is 5.32 Å². The van der Waals surface area contributed by atoms with E-state index in [-0.39, 0.29) is 5.56 Å². The van der Waals surface area contributed by atoms with Gasteiger partial charge in [0.15, 0.2) is 11.5 Å². The van der Waals surface area contributed by atoms with Crippen LogP contribution in [-0.4, -0.2) is 20.7 Å². The van der Waals surface area contributed by atoms with Crippen molar-refractivity contribution in [2.45, 2.75) is 12.4 Å². The number of anilines is 1. The van der Waals surface area contributed by atoms with Gasteiger partial charge >= 0.3 is 12.4 Å². The zero-order valence-electron chi connectivity index (χ0n) is 11.6. The molecule has 2 heterocycles. The molecule has 0 bridgehead atoms. The number of aryl methyl sites for hydroxylation is 1. The lowest BCUT2D eigenvalue weighted by Crippen LogP contribution is -2.16. The predicted octanol–water partition coefficient (Wildman–Crippen LogP) is 3.76. The quantitative estimate of drug-likeness (QED) is 0.817. The number of hydrogen-bond acceptors (Lipinski definition) is 3. The molecular formula is C12H7ClF6N4O. The van der Waals surface area contributed by atoms with Crippen molar-refractivity contribution < 1.29 is 31.1 Å². The zero-order chi connectivity index (χ0) is 18.3. The van der Waals surface area contributed by atoms with Gasteiger partial charge in [-0.3, -0.25) is 14.5 Å². The van der Waals surface area contributed by atoms with Crippen LogP contribution in [0.5, 0.6) is 0 Å². The predicted molar refractivity (Wildman–Crippen MR) is 70.4 cm³/mol. The van der Waals surface area contributed by atoms with E-state index in [0.717, 1.165) is 13.1 Å². The smallest absolute Gasteiger partial charge is 0.305 e. The highest BCUT2D eigenvalue weighted by atomic mass is 35.5. The first-order valence-electron chi connectivity index (χ1n) is 6.05. The lowest BCUT2D eigenvalue weighted by molar-refractivity contribution is -0.142. The van der Waals surface area contributed by atoms with Crippen molar-refractivity contribution in [2.75, 3.05) is 5.32 Å². The van der Waals surface area contributed by atoms with Crippen molar-refractivity contribution in [3.8, 4) is 0 Å². The summed E-state index contributed by atoms with van der Waals surface area (Å²) in [5.74, 6) is -1.44. The summed E-state index contributed by atoms with van der Waals surface area (Å²) in [4.78, 5) is 15.0. The number of pyridine rings is 1. The summed E-state index contributed by atoms with van der Waals surface area (Å²) in [5, 5.41) is 4.37. The van der Waals surface area contributed by atoms with Crippen molar-refractivity contribution >= 4 is 23.3 Å². The second-order valence-electron chi connectivity index (χ2n) is 4.52. The first-order valence-corrected chi connectivity index (χ1v) is 6.43. The first-order chi connectivity index (χ1) is 10.9. The summed E-state index contributed by atoms with van der Waals surface area (Å²) in [6.45, 7) is 0. The largest absolute Gasteiger partial charge is 0.436 e. The number of hydrogen-bond donors (Lipinski definition) is 1. The molecule has 2 aromatic rings. The van der Waals surface area contributed by atoms with Crippen LogP contribution in [0.3, 0.4) is 0 Å². The number of amides is 1. The minimum atomic E-state index is -4.83. The molecule has 1 N–H and O–H groups in total. The summed E-state index contributed by atoms with van der Waals surface area (Å²) in [6, 6.07) is 1.40. The van der Waals surface area contributed by atoms with Gasteiger partial charge < -0.3 is 5.32 Å². The number of alkyl halides is 6. The van der Waals surface area contributed by atoms with E-state index < -0.39 is 40.5 Å². The van der Waals surface area contributed by atoms with E-state index >= 15 is 0 Å². The molecule has 130 valence electrons. The van der Waals surface area contributed by atoms with Gasteiger partial charge in [0.25, 0.3) is 5.91 Å². The topological polar surface area (TPSA) is 59.8 Å². The Morgan fingerprint density at radius 3 is 2.21 bits per heavy atom. The average molecular weight is 373 g/mol. The first kappa shape index (κ1) is 18.0. The van der Waals surface area contributed by atoms with Gasteiger partial charge in [-0.15, -0.1) is 0 Å². The van der Waals surface area contributed by atoms with Crippen LogP contribution in [0.25, 0.3) is 0 Å². The van der Waals surface area contributed by atoms with Crippen LogP contribution in [0.15, 0.2) is 18.3 Å². The maximum absolute atomic E-state index is 12.7. The molecular weight excluding hydrogens is 366 g/mol. The van der Waals surface area contributed by atoms with E-state index in [1.54, 1.807) is 0 Å². The van der Waals surface area contributed by atoms with Crippen LogP contribution in [-0.2, 0) is 19.4 Å². The molecule has 0 saturated carbocycles. The molecule has 0 saturated heterocycles. The Balaban J connectivity index is 2.26. The molecule has 2 aromatic heterocycles. The minimum absolute atomic E-state index is 0.297. The Morgan fingerprint density at radius 2 is 1.79 bits per heavy atom. The fourth-order valence-electron chi connectivity index (χ4n) is 1.69. The third kappa shape index (κ3) is 3.61. The van der Waals surface area contributed by atoms with Crippen molar-refractivity contribution in [3.05, 3.63) is 40.3 Å². The highest BCUT2D eigenvalue weighted by Crippen LogP contribution is 2.37.